The van der Waals surface area contributed by atoms with Gasteiger partial charge in [-0.1, -0.05) is 6.07 Å². The van der Waals surface area contributed by atoms with Crippen LogP contribution in [-0.4, -0.2) is 18.4 Å². The molecule has 1 aromatic heterocycles. The zero-order valence-corrected chi connectivity index (χ0v) is 10.4. The van der Waals surface area contributed by atoms with Crippen LogP contribution in [0.15, 0.2) is 28.7 Å². The summed E-state index contributed by atoms with van der Waals surface area (Å²) in [4.78, 5) is 22.6. The largest absolute Gasteiger partial charge is 0.460 e. The third-order valence-electron chi connectivity index (χ3n) is 2.51. The molecule has 0 spiro atoms. The van der Waals surface area contributed by atoms with Crippen LogP contribution in [-0.2, 0) is 16.0 Å². The van der Waals surface area contributed by atoms with Crippen LogP contribution in [0, 0.1) is 0 Å². The lowest BCUT2D eigenvalue weighted by Gasteiger charge is -1.96. The second-order valence-corrected chi connectivity index (χ2v) is 4.08. The first-order valence-corrected chi connectivity index (χ1v) is 5.79. The Bertz CT molecular complexity index is 595. The molecule has 0 aliphatic carbocycles. The van der Waals surface area contributed by atoms with Gasteiger partial charge in [-0.25, -0.2) is 4.79 Å². The van der Waals surface area contributed by atoms with E-state index in [9.17, 15) is 9.59 Å². The summed E-state index contributed by atoms with van der Waals surface area (Å²) < 4.78 is 10.2. The van der Waals surface area contributed by atoms with Crippen molar-refractivity contribution in [3.05, 3.63) is 35.6 Å². The van der Waals surface area contributed by atoms with Gasteiger partial charge in [0.15, 0.2) is 0 Å². The number of rotatable bonds is 4. The Morgan fingerprint density at radius 2 is 2.06 bits per heavy atom. The number of hydrogen-bond donors (Lipinski definition) is 0. The van der Waals surface area contributed by atoms with Crippen molar-refractivity contribution in [3.63, 3.8) is 0 Å². The summed E-state index contributed by atoms with van der Waals surface area (Å²) in [5.74, 6) is -0.183. The summed E-state index contributed by atoms with van der Waals surface area (Å²) in [5.41, 5.74) is 1.52. The Kier molecular flexibility index (Phi) is 3.46. The van der Waals surface area contributed by atoms with Crippen LogP contribution >= 0.6 is 0 Å². The molecular weight excluding hydrogens is 232 g/mol. The van der Waals surface area contributed by atoms with Crippen LogP contribution in [0.3, 0.4) is 0 Å². The second kappa shape index (κ2) is 5.04. The molecule has 18 heavy (non-hydrogen) atoms. The third-order valence-corrected chi connectivity index (χ3v) is 2.51. The van der Waals surface area contributed by atoms with Crippen molar-refractivity contribution >= 4 is 22.7 Å². The topological polar surface area (TPSA) is 56.5 Å². The molecule has 0 atom stereocenters. The summed E-state index contributed by atoms with van der Waals surface area (Å²) in [7, 11) is 0. The number of ketones is 1. The lowest BCUT2D eigenvalue weighted by Crippen LogP contribution is -2.02. The fourth-order valence-electron chi connectivity index (χ4n) is 1.79. The molecule has 4 heteroatoms. The van der Waals surface area contributed by atoms with Gasteiger partial charge in [-0.2, -0.15) is 0 Å². The number of fused-ring (bicyclic) bond motifs is 1. The van der Waals surface area contributed by atoms with Gasteiger partial charge in [-0.3, -0.25) is 4.79 Å². The molecule has 0 amide bonds. The quantitative estimate of drug-likeness (QED) is 0.778. The molecule has 1 aromatic carbocycles. The standard InChI is InChI=1S/C14H14O4/c1-3-17-14(16)13-8-11-7-10(6-9(2)15)4-5-12(11)18-13/h4-5,7-8H,3,6H2,1-2H3. The predicted octanol–water partition coefficient (Wildman–Crippen LogP) is 2.74. The Morgan fingerprint density at radius 3 is 2.72 bits per heavy atom. The van der Waals surface area contributed by atoms with E-state index >= 15 is 0 Å². The van der Waals surface area contributed by atoms with Crippen LogP contribution in [0.2, 0.25) is 0 Å². The first-order valence-electron chi connectivity index (χ1n) is 5.79. The molecule has 4 nitrogen and oxygen atoms in total. The average Bonchev–Trinajstić information content (AvgIpc) is 2.71. The monoisotopic (exact) mass is 246 g/mol. The molecule has 0 saturated carbocycles. The number of benzene rings is 1. The van der Waals surface area contributed by atoms with E-state index in [1.807, 2.05) is 12.1 Å². The summed E-state index contributed by atoms with van der Waals surface area (Å²) in [5, 5.41) is 0.803. The molecule has 2 aromatic rings. The molecule has 2 rings (SSSR count). The average molecular weight is 246 g/mol. The van der Waals surface area contributed by atoms with Crippen LogP contribution in [0.5, 0.6) is 0 Å². The maximum atomic E-state index is 11.5. The third kappa shape index (κ3) is 2.59. The zero-order valence-electron chi connectivity index (χ0n) is 10.4. The Balaban J connectivity index is 2.33. The minimum atomic E-state index is -0.471. The first kappa shape index (κ1) is 12.4. The van der Waals surface area contributed by atoms with Crippen LogP contribution in [0.1, 0.15) is 30.0 Å². The van der Waals surface area contributed by atoms with E-state index in [1.165, 1.54) is 0 Å². The molecule has 1 heterocycles. The molecule has 0 bridgehead atoms. The molecule has 0 aliphatic heterocycles. The van der Waals surface area contributed by atoms with Crippen molar-refractivity contribution in [3.8, 4) is 0 Å². The number of carbonyl (C=O) groups excluding carboxylic acids is 2. The lowest BCUT2D eigenvalue weighted by atomic mass is 10.1. The Hall–Kier alpha value is -2.10. The highest BCUT2D eigenvalue weighted by Crippen LogP contribution is 2.21. The zero-order chi connectivity index (χ0) is 13.1. The fraction of sp³-hybridized carbons (Fsp3) is 0.286. The van der Waals surface area contributed by atoms with Crippen LogP contribution in [0.25, 0.3) is 11.0 Å². The minimum absolute atomic E-state index is 0.100. The highest BCUT2D eigenvalue weighted by Gasteiger charge is 2.13. The van der Waals surface area contributed by atoms with Crippen LogP contribution < -0.4 is 0 Å². The molecule has 0 fully saturated rings. The normalized spacial score (nSPS) is 10.6. The SMILES string of the molecule is CCOC(=O)c1cc2cc(CC(C)=O)ccc2o1. The predicted molar refractivity (Wildman–Crippen MR) is 66.6 cm³/mol. The van der Waals surface area contributed by atoms with E-state index in [4.69, 9.17) is 9.15 Å². The molecule has 0 aliphatic rings. The van der Waals surface area contributed by atoms with Gasteiger partial charge in [0.2, 0.25) is 5.76 Å². The number of esters is 1. The number of furan rings is 1. The molecule has 94 valence electrons. The number of Topliss-reactive ketones (excluding diaryl/α,β-unsaturated/α-hetero) is 1. The van der Waals surface area contributed by atoms with Crippen molar-refractivity contribution in [1.29, 1.82) is 0 Å². The summed E-state index contributed by atoms with van der Waals surface area (Å²) >= 11 is 0. The highest BCUT2D eigenvalue weighted by atomic mass is 16.5. The summed E-state index contributed by atoms with van der Waals surface area (Å²) in [6, 6.07) is 7.07. The van der Waals surface area contributed by atoms with Crippen molar-refractivity contribution in [2.75, 3.05) is 6.61 Å². The summed E-state index contributed by atoms with van der Waals surface area (Å²) in [6.45, 7) is 3.60. The van der Waals surface area contributed by atoms with E-state index < -0.39 is 5.97 Å². The number of hydrogen-bond acceptors (Lipinski definition) is 4. The molecular formula is C14H14O4. The molecule has 0 N–H and O–H groups in total. The maximum Gasteiger partial charge on any atom is 0.374 e. The van der Waals surface area contributed by atoms with Crippen molar-refractivity contribution < 1.29 is 18.7 Å². The first-order chi connectivity index (χ1) is 8.60. The maximum absolute atomic E-state index is 11.5. The number of ether oxygens (including phenoxy) is 1. The lowest BCUT2D eigenvalue weighted by molar-refractivity contribution is -0.116. The van der Waals surface area contributed by atoms with Gasteiger partial charge in [-0.05, 0) is 37.6 Å². The number of carbonyl (C=O) groups is 2. The van der Waals surface area contributed by atoms with E-state index in [0.29, 0.717) is 18.6 Å². The van der Waals surface area contributed by atoms with Crippen molar-refractivity contribution in [2.45, 2.75) is 20.3 Å². The van der Waals surface area contributed by atoms with Crippen molar-refractivity contribution in [2.24, 2.45) is 0 Å². The van der Waals surface area contributed by atoms with Gasteiger partial charge >= 0.3 is 5.97 Å². The van der Waals surface area contributed by atoms with Gasteiger partial charge in [0.25, 0.3) is 0 Å². The van der Waals surface area contributed by atoms with Crippen LogP contribution in [0.4, 0.5) is 0 Å². The summed E-state index contributed by atoms with van der Waals surface area (Å²) in [6.07, 6.45) is 0.385. The van der Waals surface area contributed by atoms with Gasteiger partial charge in [0.1, 0.15) is 11.4 Å². The van der Waals surface area contributed by atoms with E-state index in [2.05, 4.69) is 0 Å². The molecule has 0 saturated heterocycles. The van der Waals surface area contributed by atoms with Crippen molar-refractivity contribution in [1.82, 2.24) is 0 Å². The van der Waals surface area contributed by atoms with Gasteiger partial charge in [-0.15, -0.1) is 0 Å². The highest BCUT2D eigenvalue weighted by molar-refractivity contribution is 5.93. The minimum Gasteiger partial charge on any atom is -0.460 e. The van der Waals surface area contributed by atoms with Gasteiger partial charge < -0.3 is 9.15 Å². The van der Waals surface area contributed by atoms with E-state index in [0.717, 1.165) is 10.9 Å². The molecule has 0 unspecified atom stereocenters. The fourth-order valence-corrected chi connectivity index (χ4v) is 1.79. The van der Waals surface area contributed by atoms with E-state index in [1.54, 1.807) is 26.0 Å². The smallest absolute Gasteiger partial charge is 0.374 e. The Labute approximate surface area is 105 Å². The van der Waals surface area contributed by atoms with Gasteiger partial charge in [0, 0.05) is 11.8 Å². The van der Waals surface area contributed by atoms with Gasteiger partial charge in [0.05, 0.1) is 6.61 Å². The Morgan fingerprint density at radius 1 is 1.28 bits per heavy atom. The molecule has 0 radical (unpaired) electrons. The van der Waals surface area contributed by atoms with E-state index in [-0.39, 0.29) is 11.5 Å². The second-order valence-electron chi connectivity index (χ2n) is 4.08.